The number of benzene rings is 1. The van der Waals surface area contributed by atoms with Gasteiger partial charge in [0.25, 0.3) is 0 Å². The first-order valence-corrected chi connectivity index (χ1v) is 16.8. The number of likely N-dealkylation sites (N-methyl/N-ethyl adjacent to an activating group) is 1. The average Bonchev–Trinajstić information content (AvgIpc) is 2.99. The molecule has 0 saturated heterocycles. The highest BCUT2D eigenvalue weighted by Crippen LogP contribution is 2.33. The van der Waals surface area contributed by atoms with Crippen LogP contribution in [0.25, 0.3) is 5.57 Å². The van der Waals surface area contributed by atoms with E-state index in [9.17, 15) is 4.79 Å². The van der Waals surface area contributed by atoms with Gasteiger partial charge in [-0.2, -0.15) is 0 Å². The van der Waals surface area contributed by atoms with Gasteiger partial charge in [0.15, 0.2) is 0 Å². The first-order chi connectivity index (χ1) is 20.9. The number of carbonyl (C=O) groups is 1. The molecule has 0 unspecified atom stereocenters. The fraction of sp³-hybridized carbons (Fsp3) is 0.571. The van der Waals surface area contributed by atoms with Gasteiger partial charge in [-0.3, -0.25) is 4.79 Å². The Bertz CT molecular complexity index is 1270. The van der Waals surface area contributed by atoms with E-state index in [1.54, 1.807) is 12.3 Å². The fourth-order valence-corrected chi connectivity index (χ4v) is 7.01. The molecule has 0 bridgehead atoms. The number of hydrogen-bond donors (Lipinski definition) is 3. The van der Waals surface area contributed by atoms with Crippen molar-refractivity contribution in [2.75, 3.05) is 32.5 Å². The molecule has 5 rings (SSSR count). The minimum Gasteiger partial charge on any atom is -0.351 e. The van der Waals surface area contributed by atoms with Gasteiger partial charge < -0.3 is 20.9 Å². The van der Waals surface area contributed by atoms with Crippen LogP contribution < -0.4 is 16.0 Å². The first kappa shape index (κ1) is 31.7. The van der Waals surface area contributed by atoms with Crippen molar-refractivity contribution in [1.82, 2.24) is 25.5 Å². The average molecular weight is 605 g/mol. The molecule has 1 aromatic heterocycles. The summed E-state index contributed by atoms with van der Waals surface area (Å²) >= 11 is 6.71. The molecular weight excluding hydrogens is 556 g/mol. The largest absolute Gasteiger partial charge is 0.351 e. The third-order valence-electron chi connectivity index (χ3n) is 9.19. The van der Waals surface area contributed by atoms with Crippen molar-refractivity contribution in [3.8, 4) is 0 Å². The first-order valence-electron chi connectivity index (χ1n) is 16.4. The predicted octanol–water partition coefficient (Wildman–Crippen LogP) is 6.39. The van der Waals surface area contributed by atoms with Gasteiger partial charge in [-0.15, -0.1) is 0 Å². The number of carbonyl (C=O) groups excluding carboxylic acids is 1. The van der Waals surface area contributed by atoms with Crippen LogP contribution in [0.15, 0.2) is 48.7 Å². The van der Waals surface area contributed by atoms with Gasteiger partial charge in [-0.1, -0.05) is 48.0 Å². The highest BCUT2D eigenvalue weighted by Gasteiger charge is 2.26. The SMILES string of the molecule is CN(C)C/C=C/C(=O)NC1CCC(CN[C@H]2CCC[C@@H](Nc3ncc(Cl)c(/C4=C/CCCCc5ccccc54)n3)C2)CC1. The number of rotatable bonds is 10. The van der Waals surface area contributed by atoms with E-state index in [2.05, 4.69) is 51.3 Å². The Balaban J connectivity index is 1.11. The maximum atomic E-state index is 12.2. The van der Waals surface area contributed by atoms with Gasteiger partial charge in [0.2, 0.25) is 11.9 Å². The van der Waals surface area contributed by atoms with Gasteiger partial charge in [-0.25, -0.2) is 9.97 Å². The zero-order valence-electron chi connectivity index (χ0n) is 26.0. The van der Waals surface area contributed by atoms with Crippen LogP contribution in [0.2, 0.25) is 5.02 Å². The predicted molar refractivity (Wildman–Crippen MR) is 177 cm³/mol. The fourth-order valence-electron chi connectivity index (χ4n) is 6.82. The van der Waals surface area contributed by atoms with E-state index in [4.69, 9.17) is 16.6 Å². The van der Waals surface area contributed by atoms with E-state index in [0.717, 1.165) is 75.7 Å². The highest BCUT2D eigenvalue weighted by atomic mass is 35.5. The Labute approximate surface area is 263 Å². The third-order valence-corrected chi connectivity index (χ3v) is 9.47. The van der Waals surface area contributed by atoms with E-state index in [1.807, 2.05) is 25.1 Å². The number of halogens is 1. The normalized spacial score (nSPS) is 25.8. The molecule has 1 amide bonds. The van der Waals surface area contributed by atoms with Crippen molar-refractivity contribution < 1.29 is 4.79 Å². The maximum absolute atomic E-state index is 12.2. The molecule has 0 spiro atoms. The molecule has 8 heteroatoms. The van der Waals surface area contributed by atoms with E-state index >= 15 is 0 Å². The molecule has 3 N–H and O–H groups in total. The van der Waals surface area contributed by atoms with Crippen LogP contribution in [0.3, 0.4) is 0 Å². The molecule has 7 nitrogen and oxygen atoms in total. The van der Waals surface area contributed by atoms with Crippen molar-refractivity contribution in [2.24, 2.45) is 5.92 Å². The molecule has 2 atom stereocenters. The van der Waals surface area contributed by atoms with Crippen molar-refractivity contribution in [3.05, 3.63) is 70.5 Å². The summed E-state index contributed by atoms with van der Waals surface area (Å²) in [5.41, 5.74) is 4.56. The molecule has 2 aromatic rings. The van der Waals surface area contributed by atoms with Crippen LogP contribution in [0.1, 0.15) is 87.4 Å². The van der Waals surface area contributed by atoms with Gasteiger partial charge in [0.05, 0.1) is 16.9 Å². The summed E-state index contributed by atoms with van der Waals surface area (Å²) in [5, 5.41) is 11.3. The van der Waals surface area contributed by atoms with Gasteiger partial charge in [0, 0.05) is 36.3 Å². The molecule has 1 heterocycles. The molecule has 3 aliphatic carbocycles. The van der Waals surface area contributed by atoms with E-state index in [0.29, 0.717) is 35.0 Å². The number of aryl methyl sites for hydroxylation is 1. The number of amides is 1. The van der Waals surface area contributed by atoms with Crippen LogP contribution >= 0.6 is 11.6 Å². The van der Waals surface area contributed by atoms with Crippen molar-refractivity contribution in [1.29, 1.82) is 0 Å². The number of fused-ring (bicyclic) bond motifs is 1. The lowest BCUT2D eigenvalue weighted by atomic mass is 9.85. The van der Waals surface area contributed by atoms with Crippen molar-refractivity contribution >= 4 is 29.0 Å². The molecule has 43 heavy (non-hydrogen) atoms. The number of allylic oxidation sites excluding steroid dienone is 1. The maximum Gasteiger partial charge on any atom is 0.243 e. The molecule has 232 valence electrons. The Morgan fingerprint density at radius 3 is 2.67 bits per heavy atom. The summed E-state index contributed by atoms with van der Waals surface area (Å²) < 4.78 is 0. The third kappa shape index (κ3) is 9.37. The van der Waals surface area contributed by atoms with Crippen LogP contribution in [-0.4, -0.2) is 66.1 Å². The molecule has 2 fully saturated rings. The standard InChI is InChI=1S/C35H49ClN6O/c1-42(2)21-9-16-33(43)39-27-19-17-25(18-20-27)23-37-28-12-8-13-29(22-28)40-35-38-24-32(36)34(41-35)31-15-5-3-4-10-26-11-6-7-14-30(26)31/h6-7,9,11,14-16,24-25,27-29,37H,3-5,8,10,12-13,17-23H2,1-2H3,(H,39,43)(H,38,40,41)/b16-9+,31-15+/t25?,27?,28-,29+/m0/s1. The highest BCUT2D eigenvalue weighted by molar-refractivity contribution is 6.32. The lowest BCUT2D eigenvalue weighted by Crippen LogP contribution is -2.43. The molecule has 0 aliphatic heterocycles. The van der Waals surface area contributed by atoms with E-state index in [1.165, 1.54) is 36.8 Å². The second-order valence-electron chi connectivity index (χ2n) is 12.9. The number of aromatic nitrogens is 2. The summed E-state index contributed by atoms with van der Waals surface area (Å²) in [4.78, 5) is 23.8. The lowest BCUT2D eigenvalue weighted by Gasteiger charge is -2.33. The second-order valence-corrected chi connectivity index (χ2v) is 13.3. The molecule has 1 aromatic carbocycles. The van der Waals surface area contributed by atoms with Crippen LogP contribution in [0, 0.1) is 5.92 Å². The smallest absolute Gasteiger partial charge is 0.243 e. The van der Waals surface area contributed by atoms with Crippen LogP contribution in [0.5, 0.6) is 0 Å². The summed E-state index contributed by atoms with van der Waals surface area (Å²) in [6, 6.07) is 9.79. The molecule has 3 aliphatic rings. The van der Waals surface area contributed by atoms with Crippen LogP contribution in [0.4, 0.5) is 5.95 Å². The van der Waals surface area contributed by atoms with Crippen molar-refractivity contribution in [2.45, 2.75) is 95.2 Å². The van der Waals surface area contributed by atoms with Gasteiger partial charge in [0.1, 0.15) is 0 Å². The van der Waals surface area contributed by atoms with Gasteiger partial charge in [-0.05, 0) is 115 Å². The Morgan fingerprint density at radius 2 is 1.84 bits per heavy atom. The number of hydrogen-bond acceptors (Lipinski definition) is 6. The zero-order valence-corrected chi connectivity index (χ0v) is 26.7. The number of nitrogens with zero attached hydrogens (tertiary/aromatic N) is 3. The second kappa shape index (κ2) is 15.8. The summed E-state index contributed by atoms with van der Waals surface area (Å²) in [7, 11) is 4.00. The van der Waals surface area contributed by atoms with Gasteiger partial charge >= 0.3 is 0 Å². The van der Waals surface area contributed by atoms with Crippen molar-refractivity contribution in [3.63, 3.8) is 0 Å². The number of anilines is 1. The molecular formula is C35H49ClN6O. The van der Waals surface area contributed by atoms with Crippen LogP contribution in [-0.2, 0) is 11.2 Å². The molecule has 2 saturated carbocycles. The molecule has 0 radical (unpaired) electrons. The summed E-state index contributed by atoms with van der Waals surface area (Å²) in [5.74, 6) is 1.38. The lowest BCUT2D eigenvalue weighted by molar-refractivity contribution is -0.117. The summed E-state index contributed by atoms with van der Waals surface area (Å²) in [6.45, 7) is 1.83. The Morgan fingerprint density at radius 1 is 1.02 bits per heavy atom. The number of nitrogens with one attached hydrogen (secondary N) is 3. The van der Waals surface area contributed by atoms with E-state index in [-0.39, 0.29) is 5.91 Å². The minimum absolute atomic E-state index is 0.0344. The zero-order chi connectivity index (χ0) is 30.0. The monoisotopic (exact) mass is 604 g/mol. The minimum atomic E-state index is 0.0344. The summed E-state index contributed by atoms with van der Waals surface area (Å²) in [6.07, 6.45) is 21.2. The van der Waals surface area contributed by atoms with E-state index < -0.39 is 0 Å². The Kier molecular flexibility index (Phi) is 11.7. The Hall–Kier alpha value is -2.74. The quantitative estimate of drug-likeness (QED) is 0.273. The topological polar surface area (TPSA) is 82.2 Å².